The number of carboxylic acids is 1. The molecule has 3 nitrogen and oxygen atoms in total. The van der Waals surface area contributed by atoms with Crippen LogP contribution in [0.25, 0.3) is 11.3 Å². The third-order valence-corrected chi connectivity index (χ3v) is 3.49. The number of aryl methyl sites for hydroxylation is 3. The maximum Gasteiger partial charge on any atom is 0.337 e. The van der Waals surface area contributed by atoms with Crippen LogP contribution in [-0.4, -0.2) is 16.1 Å². The van der Waals surface area contributed by atoms with E-state index in [2.05, 4.69) is 24.0 Å². The van der Waals surface area contributed by atoms with E-state index in [9.17, 15) is 9.90 Å². The molecule has 104 valence electrons. The first-order valence-corrected chi connectivity index (χ1v) is 6.89. The number of rotatable bonds is 4. The van der Waals surface area contributed by atoms with Gasteiger partial charge in [-0.1, -0.05) is 38.1 Å². The van der Waals surface area contributed by atoms with Gasteiger partial charge in [-0.25, -0.2) is 4.79 Å². The van der Waals surface area contributed by atoms with Crippen LogP contribution in [0.2, 0.25) is 0 Å². The molecular weight excluding hydrogens is 250 g/mol. The van der Waals surface area contributed by atoms with Crippen molar-refractivity contribution in [3.8, 4) is 11.3 Å². The highest BCUT2D eigenvalue weighted by atomic mass is 16.4. The van der Waals surface area contributed by atoms with Crippen molar-refractivity contribution in [2.24, 2.45) is 0 Å². The summed E-state index contributed by atoms with van der Waals surface area (Å²) in [6, 6.07) is 10.00. The van der Waals surface area contributed by atoms with Crippen molar-refractivity contribution in [2.45, 2.75) is 33.6 Å². The van der Waals surface area contributed by atoms with Crippen LogP contribution in [0, 0.1) is 6.92 Å². The van der Waals surface area contributed by atoms with Gasteiger partial charge in [-0.05, 0) is 37.0 Å². The van der Waals surface area contributed by atoms with Gasteiger partial charge < -0.3 is 5.11 Å². The molecule has 0 radical (unpaired) electrons. The summed E-state index contributed by atoms with van der Waals surface area (Å²) in [5, 5.41) is 9.21. The highest BCUT2D eigenvalue weighted by Crippen LogP contribution is 2.24. The lowest BCUT2D eigenvalue weighted by atomic mass is 10.0. The van der Waals surface area contributed by atoms with E-state index in [4.69, 9.17) is 0 Å². The Morgan fingerprint density at radius 3 is 2.30 bits per heavy atom. The lowest BCUT2D eigenvalue weighted by Crippen LogP contribution is -2.06. The molecule has 3 heteroatoms. The van der Waals surface area contributed by atoms with E-state index in [0.717, 1.165) is 23.2 Å². The van der Waals surface area contributed by atoms with Gasteiger partial charge in [-0.3, -0.25) is 4.98 Å². The van der Waals surface area contributed by atoms with Gasteiger partial charge in [0.15, 0.2) is 0 Å². The van der Waals surface area contributed by atoms with Crippen LogP contribution >= 0.6 is 0 Å². The van der Waals surface area contributed by atoms with Crippen molar-refractivity contribution in [1.29, 1.82) is 0 Å². The summed E-state index contributed by atoms with van der Waals surface area (Å²) in [5.74, 6) is -0.912. The number of aromatic carboxylic acids is 1. The number of benzene rings is 1. The molecule has 0 saturated heterocycles. The van der Waals surface area contributed by atoms with Crippen LogP contribution in [0.15, 0.2) is 30.3 Å². The molecule has 2 rings (SSSR count). The van der Waals surface area contributed by atoms with Crippen LogP contribution in [0.4, 0.5) is 0 Å². The average molecular weight is 269 g/mol. The number of pyridine rings is 1. The normalized spacial score (nSPS) is 10.6. The zero-order valence-corrected chi connectivity index (χ0v) is 12.1. The first-order valence-electron chi connectivity index (χ1n) is 6.89. The molecule has 1 heterocycles. The molecular formula is C17H19NO2. The fraction of sp³-hybridized carbons (Fsp3) is 0.294. The highest BCUT2D eigenvalue weighted by molar-refractivity contribution is 5.89. The summed E-state index contributed by atoms with van der Waals surface area (Å²) in [6.45, 7) is 5.95. The molecule has 0 unspecified atom stereocenters. The SMILES string of the molecule is CCc1ccc(-c2nc(CC)c(C(=O)O)cc2C)cc1. The van der Waals surface area contributed by atoms with E-state index >= 15 is 0 Å². The predicted octanol–water partition coefficient (Wildman–Crippen LogP) is 3.88. The number of carboxylic acid groups (broad SMARTS) is 1. The molecule has 1 N–H and O–H groups in total. The third-order valence-electron chi connectivity index (χ3n) is 3.49. The quantitative estimate of drug-likeness (QED) is 0.916. The van der Waals surface area contributed by atoms with Crippen molar-refractivity contribution in [3.63, 3.8) is 0 Å². The maximum atomic E-state index is 11.2. The standard InChI is InChI=1S/C17H19NO2/c1-4-12-6-8-13(9-7-12)16-11(3)10-14(17(19)20)15(5-2)18-16/h6-10H,4-5H2,1-3H3,(H,19,20). The molecule has 1 aromatic heterocycles. The Morgan fingerprint density at radius 1 is 1.15 bits per heavy atom. The topological polar surface area (TPSA) is 50.2 Å². The van der Waals surface area contributed by atoms with Gasteiger partial charge in [0.05, 0.1) is 17.0 Å². The van der Waals surface area contributed by atoms with Crippen molar-refractivity contribution >= 4 is 5.97 Å². The van der Waals surface area contributed by atoms with E-state index in [1.165, 1.54) is 5.56 Å². The van der Waals surface area contributed by atoms with Crippen molar-refractivity contribution in [2.75, 3.05) is 0 Å². The molecule has 0 aliphatic rings. The Hall–Kier alpha value is -2.16. The Morgan fingerprint density at radius 2 is 1.80 bits per heavy atom. The number of carbonyl (C=O) groups is 1. The van der Waals surface area contributed by atoms with Crippen molar-refractivity contribution in [3.05, 3.63) is 52.7 Å². The molecule has 0 spiro atoms. The van der Waals surface area contributed by atoms with E-state index in [-0.39, 0.29) is 0 Å². The second kappa shape index (κ2) is 5.87. The second-order valence-corrected chi connectivity index (χ2v) is 4.86. The molecule has 0 fully saturated rings. The zero-order chi connectivity index (χ0) is 14.7. The summed E-state index contributed by atoms with van der Waals surface area (Å²) in [6.07, 6.45) is 1.62. The van der Waals surface area contributed by atoms with E-state index in [1.807, 2.05) is 26.0 Å². The lowest BCUT2D eigenvalue weighted by Gasteiger charge is -2.11. The Labute approximate surface area is 119 Å². The second-order valence-electron chi connectivity index (χ2n) is 4.86. The van der Waals surface area contributed by atoms with Crippen molar-refractivity contribution in [1.82, 2.24) is 4.98 Å². The van der Waals surface area contributed by atoms with Crippen LogP contribution in [0.1, 0.15) is 41.0 Å². The van der Waals surface area contributed by atoms with Crippen LogP contribution in [-0.2, 0) is 12.8 Å². The van der Waals surface area contributed by atoms with Crippen LogP contribution in [0.3, 0.4) is 0 Å². The summed E-state index contributed by atoms with van der Waals surface area (Å²) >= 11 is 0. The minimum atomic E-state index is -0.912. The van der Waals surface area contributed by atoms with Gasteiger partial charge in [0, 0.05) is 5.56 Å². The number of nitrogens with zero attached hydrogens (tertiary/aromatic N) is 1. The van der Waals surface area contributed by atoms with Gasteiger partial charge in [-0.15, -0.1) is 0 Å². The molecule has 0 bridgehead atoms. The monoisotopic (exact) mass is 269 g/mol. The highest BCUT2D eigenvalue weighted by Gasteiger charge is 2.14. The smallest absolute Gasteiger partial charge is 0.337 e. The summed E-state index contributed by atoms with van der Waals surface area (Å²) in [7, 11) is 0. The Balaban J connectivity index is 2.53. The number of hydrogen-bond donors (Lipinski definition) is 1. The largest absolute Gasteiger partial charge is 0.478 e. The zero-order valence-electron chi connectivity index (χ0n) is 12.1. The first-order chi connectivity index (χ1) is 9.56. The Bertz CT molecular complexity index is 630. The Kier molecular flexibility index (Phi) is 4.18. The third kappa shape index (κ3) is 2.72. The van der Waals surface area contributed by atoms with E-state index in [0.29, 0.717) is 17.7 Å². The van der Waals surface area contributed by atoms with Gasteiger partial charge >= 0.3 is 5.97 Å². The molecule has 0 saturated carbocycles. The fourth-order valence-corrected chi connectivity index (χ4v) is 2.30. The van der Waals surface area contributed by atoms with Crippen LogP contribution < -0.4 is 0 Å². The molecule has 2 aromatic rings. The molecule has 0 amide bonds. The van der Waals surface area contributed by atoms with E-state index < -0.39 is 5.97 Å². The van der Waals surface area contributed by atoms with Crippen molar-refractivity contribution < 1.29 is 9.90 Å². The summed E-state index contributed by atoms with van der Waals surface area (Å²) in [5.41, 5.74) is 5.02. The molecule has 0 aliphatic heterocycles. The number of hydrogen-bond acceptors (Lipinski definition) is 2. The van der Waals surface area contributed by atoms with Gasteiger partial charge in [0.2, 0.25) is 0 Å². The fourth-order valence-electron chi connectivity index (χ4n) is 2.30. The minimum absolute atomic E-state index is 0.305. The van der Waals surface area contributed by atoms with E-state index in [1.54, 1.807) is 6.07 Å². The minimum Gasteiger partial charge on any atom is -0.478 e. The van der Waals surface area contributed by atoms with Gasteiger partial charge in [0.25, 0.3) is 0 Å². The van der Waals surface area contributed by atoms with Gasteiger partial charge in [0.1, 0.15) is 0 Å². The maximum absolute atomic E-state index is 11.2. The van der Waals surface area contributed by atoms with Crippen LogP contribution in [0.5, 0.6) is 0 Å². The summed E-state index contributed by atoms with van der Waals surface area (Å²) < 4.78 is 0. The first kappa shape index (κ1) is 14.3. The molecule has 0 atom stereocenters. The lowest BCUT2D eigenvalue weighted by molar-refractivity contribution is 0.0695. The van der Waals surface area contributed by atoms with Gasteiger partial charge in [-0.2, -0.15) is 0 Å². The molecule has 20 heavy (non-hydrogen) atoms. The molecule has 0 aliphatic carbocycles. The number of aromatic nitrogens is 1. The molecule has 1 aromatic carbocycles. The summed E-state index contributed by atoms with van der Waals surface area (Å²) in [4.78, 5) is 15.8. The predicted molar refractivity (Wildman–Crippen MR) is 80.1 cm³/mol. The average Bonchev–Trinajstić information content (AvgIpc) is 2.47.